The minimum atomic E-state index is -0.925. The summed E-state index contributed by atoms with van der Waals surface area (Å²) in [5, 5.41) is 8.96. The van der Waals surface area contributed by atoms with Crippen molar-refractivity contribution < 1.29 is 9.90 Å². The van der Waals surface area contributed by atoms with E-state index in [-0.39, 0.29) is 5.56 Å². The van der Waals surface area contributed by atoms with E-state index < -0.39 is 5.97 Å². The van der Waals surface area contributed by atoms with Gasteiger partial charge in [-0.25, -0.2) is 9.78 Å². The van der Waals surface area contributed by atoms with E-state index in [4.69, 9.17) is 5.11 Å². The standard InChI is InChI=1S/C11H13BrN2O2/c1-14(8-3-2-4-8)10-6-7(11(15)16)5-9(12)13-10/h5-6,8H,2-4H2,1H3,(H,15,16). The number of pyridine rings is 1. The number of anilines is 1. The van der Waals surface area contributed by atoms with Gasteiger partial charge in [0.2, 0.25) is 0 Å². The Labute approximate surface area is 102 Å². The quantitative estimate of drug-likeness (QED) is 0.867. The molecule has 1 N–H and O–H groups in total. The largest absolute Gasteiger partial charge is 0.478 e. The van der Waals surface area contributed by atoms with Crippen molar-refractivity contribution in [2.24, 2.45) is 0 Å². The topological polar surface area (TPSA) is 53.4 Å². The van der Waals surface area contributed by atoms with E-state index in [2.05, 4.69) is 25.8 Å². The first-order chi connectivity index (χ1) is 7.58. The Morgan fingerprint density at radius 3 is 2.75 bits per heavy atom. The molecule has 0 saturated heterocycles. The molecule has 0 aromatic carbocycles. The number of halogens is 1. The number of carboxylic acids is 1. The molecule has 5 heteroatoms. The highest BCUT2D eigenvalue weighted by atomic mass is 79.9. The Bertz CT molecular complexity index is 418. The molecule has 0 aliphatic heterocycles. The zero-order valence-corrected chi connectivity index (χ0v) is 10.6. The van der Waals surface area contributed by atoms with E-state index in [1.54, 1.807) is 6.07 Å². The maximum atomic E-state index is 10.9. The number of carbonyl (C=O) groups is 1. The molecule has 1 fully saturated rings. The molecule has 1 heterocycles. The second kappa shape index (κ2) is 4.41. The van der Waals surface area contributed by atoms with Crippen LogP contribution in [-0.2, 0) is 0 Å². The highest BCUT2D eigenvalue weighted by Gasteiger charge is 2.23. The lowest BCUT2D eigenvalue weighted by atomic mass is 9.92. The van der Waals surface area contributed by atoms with Gasteiger partial charge in [-0.3, -0.25) is 0 Å². The molecular formula is C11H13BrN2O2. The van der Waals surface area contributed by atoms with Crippen LogP contribution in [0.2, 0.25) is 0 Å². The summed E-state index contributed by atoms with van der Waals surface area (Å²) in [5.74, 6) is -0.206. The van der Waals surface area contributed by atoms with Crippen LogP contribution in [0.1, 0.15) is 29.6 Å². The van der Waals surface area contributed by atoms with Crippen molar-refractivity contribution >= 4 is 27.7 Å². The number of hydrogen-bond acceptors (Lipinski definition) is 3. The van der Waals surface area contributed by atoms with Gasteiger partial charge >= 0.3 is 5.97 Å². The van der Waals surface area contributed by atoms with Crippen LogP contribution in [0.5, 0.6) is 0 Å². The van der Waals surface area contributed by atoms with Crippen LogP contribution in [0.25, 0.3) is 0 Å². The first kappa shape index (κ1) is 11.4. The SMILES string of the molecule is CN(c1cc(C(=O)O)cc(Br)n1)C1CCC1. The predicted molar refractivity (Wildman–Crippen MR) is 64.9 cm³/mol. The molecule has 2 rings (SSSR count). The summed E-state index contributed by atoms with van der Waals surface area (Å²) in [4.78, 5) is 17.3. The summed E-state index contributed by atoms with van der Waals surface area (Å²) in [5.41, 5.74) is 0.267. The van der Waals surface area contributed by atoms with Gasteiger partial charge in [0, 0.05) is 13.1 Å². The summed E-state index contributed by atoms with van der Waals surface area (Å²) in [6, 6.07) is 3.63. The van der Waals surface area contributed by atoms with E-state index >= 15 is 0 Å². The van der Waals surface area contributed by atoms with Gasteiger partial charge in [0.1, 0.15) is 10.4 Å². The highest BCUT2D eigenvalue weighted by molar-refractivity contribution is 9.10. The van der Waals surface area contributed by atoms with Crippen LogP contribution in [0, 0.1) is 0 Å². The van der Waals surface area contributed by atoms with Crippen LogP contribution in [0.4, 0.5) is 5.82 Å². The molecule has 0 spiro atoms. The third-order valence-corrected chi connectivity index (χ3v) is 3.42. The maximum absolute atomic E-state index is 10.9. The van der Waals surface area contributed by atoms with Crippen LogP contribution in [0.15, 0.2) is 16.7 Å². The Kier molecular flexibility index (Phi) is 3.14. The van der Waals surface area contributed by atoms with Gasteiger partial charge in [0.15, 0.2) is 0 Å². The summed E-state index contributed by atoms with van der Waals surface area (Å²) < 4.78 is 0.563. The van der Waals surface area contributed by atoms with Gasteiger partial charge in [-0.15, -0.1) is 0 Å². The second-order valence-corrected chi connectivity index (χ2v) is 4.85. The van der Waals surface area contributed by atoms with Crippen molar-refractivity contribution in [1.29, 1.82) is 0 Å². The fraction of sp³-hybridized carbons (Fsp3) is 0.455. The number of carboxylic acid groups (broad SMARTS) is 1. The zero-order chi connectivity index (χ0) is 11.7. The Hall–Kier alpha value is -1.10. The third kappa shape index (κ3) is 2.19. The molecule has 1 aliphatic carbocycles. The number of hydrogen-bond donors (Lipinski definition) is 1. The second-order valence-electron chi connectivity index (χ2n) is 4.04. The highest BCUT2D eigenvalue weighted by Crippen LogP contribution is 2.28. The Morgan fingerprint density at radius 2 is 2.25 bits per heavy atom. The van der Waals surface area contributed by atoms with E-state index in [0.717, 1.165) is 18.7 Å². The minimum absolute atomic E-state index is 0.267. The lowest BCUT2D eigenvalue weighted by molar-refractivity contribution is 0.0696. The van der Waals surface area contributed by atoms with E-state index in [0.29, 0.717) is 10.6 Å². The van der Waals surface area contributed by atoms with Crippen molar-refractivity contribution in [2.75, 3.05) is 11.9 Å². The molecule has 0 radical (unpaired) electrons. The van der Waals surface area contributed by atoms with E-state index in [1.165, 1.54) is 12.5 Å². The van der Waals surface area contributed by atoms with E-state index in [1.807, 2.05) is 7.05 Å². The number of nitrogens with zero attached hydrogens (tertiary/aromatic N) is 2. The van der Waals surface area contributed by atoms with E-state index in [9.17, 15) is 4.79 Å². The Balaban J connectivity index is 2.28. The molecule has 1 aromatic heterocycles. The van der Waals surface area contributed by atoms with Gasteiger partial charge in [0.05, 0.1) is 5.56 Å². The third-order valence-electron chi connectivity index (χ3n) is 3.01. The summed E-state index contributed by atoms with van der Waals surface area (Å²) in [7, 11) is 1.96. The van der Waals surface area contributed by atoms with Crippen molar-refractivity contribution in [2.45, 2.75) is 25.3 Å². The lowest BCUT2D eigenvalue weighted by Crippen LogP contribution is -2.37. The zero-order valence-electron chi connectivity index (χ0n) is 8.98. The summed E-state index contributed by atoms with van der Waals surface area (Å²) in [6.07, 6.45) is 3.56. The Morgan fingerprint density at radius 1 is 1.56 bits per heavy atom. The number of aromatic carboxylic acids is 1. The molecule has 1 aromatic rings. The molecule has 86 valence electrons. The molecule has 0 amide bonds. The number of rotatable bonds is 3. The average molecular weight is 285 g/mol. The molecule has 1 saturated carbocycles. The summed E-state index contributed by atoms with van der Waals surface area (Å²) >= 11 is 3.24. The first-order valence-electron chi connectivity index (χ1n) is 5.21. The average Bonchev–Trinajstić information content (AvgIpc) is 2.13. The molecule has 1 aliphatic rings. The smallest absolute Gasteiger partial charge is 0.335 e. The number of aromatic nitrogens is 1. The van der Waals surface area contributed by atoms with Crippen molar-refractivity contribution in [3.05, 3.63) is 22.3 Å². The molecule has 16 heavy (non-hydrogen) atoms. The van der Waals surface area contributed by atoms with Crippen LogP contribution < -0.4 is 4.90 Å². The monoisotopic (exact) mass is 284 g/mol. The van der Waals surface area contributed by atoms with Gasteiger partial charge < -0.3 is 10.0 Å². The minimum Gasteiger partial charge on any atom is -0.478 e. The van der Waals surface area contributed by atoms with Gasteiger partial charge in [0.25, 0.3) is 0 Å². The van der Waals surface area contributed by atoms with Gasteiger partial charge in [-0.2, -0.15) is 0 Å². The van der Waals surface area contributed by atoms with Crippen LogP contribution >= 0.6 is 15.9 Å². The predicted octanol–water partition coefficient (Wildman–Crippen LogP) is 2.53. The lowest BCUT2D eigenvalue weighted by Gasteiger charge is -2.35. The summed E-state index contributed by atoms with van der Waals surface area (Å²) in [6.45, 7) is 0. The molecule has 0 atom stereocenters. The van der Waals surface area contributed by atoms with Gasteiger partial charge in [-0.1, -0.05) is 0 Å². The molecule has 4 nitrogen and oxygen atoms in total. The van der Waals surface area contributed by atoms with Crippen LogP contribution in [0.3, 0.4) is 0 Å². The fourth-order valence-corrected chi connectivity index (χ4v) is 2.18. The molecule has 0 bridgehead atoms. The van der Waals surface area contributed by atoms with Crippen LogP contribution in [-0.4, -0.2) is 29.1 Å². The first-order valence-corrected chi connectivity index (χ1v) is 6.01. The molecular weight excluding hydrogens is 272 g/mol. The fourth-order valence-electron chi connectivity index (χ4n) is 1.75. The van der Waals surface area contributed by atoms with Crippen molar-refractivity contribution in [3.8, 4) is 0 Å². The molecule has 0 unspecified atom stereocenters. The van der Waals surface area contributed by atoms with Gasteiger partial charge in [-0.05, 0) is 47.3 Å². The van der Waals surface area contributed by atoms with Crippen molar-refractivity contribution in [1.82, 2.24) is 4.98 Å². The normalized spacial score (nSPS) is 15.6. The maximum Gasteiger partial charge on any atom is 0.335 e. The van der Waals surface area contributed by atoms with Crippen molar-refractivity contribution in [3.63, 3.8) is 0 Å².